The molecular formula is C16H19N. The van der Waals surface area contributed by atoms with Crippen LogP contribution in [0.2, 0.25) is 0 Å². The molecule has 0 atom stereocenters. The lowest BCUT2D eigenvalue weighted by atomic mass is 10.1. The first-order valence-corrected chi connectivity index (χ1v) is 6.02. The molecule has 0 fully saturated rings. The predicted octanol–water partition coefficient (Wildman–Crippen LogP) is 3.21. The van der Waals surface area contributed by atoms with Crippen molar-refractivity contribution < 1.29 is 0 Å². The van der Waals surface area contributed by atoms with Crippen molar-refractivity contribution in [3.05, 3.63) is 71.3 Å². The summed E-state index contributed by atoms with van der Waals surface area (Å²) in [5.74, 6) is 0. The average Bonchev–Trinajstić information content (AvgIpc) is 2.74. The Hall–Kier alpha value is -1.60. The Morgan fingerprint density at radius 3 is 2.59 bits per heavy atom. The van der Waals surface area contributed by atoms with Crippen molar-refractivity contribution in [2.24, 2.45) is 0 Å². The molecule has 0 heterocycles. The van der Waals surface area contributed by atoms with Crippen LogP contribution in [0.4, 0.5) is 0 Å². The third-order valence-electron chi connectivity index (χ3n) is 2.83. The van der Waals surface area contributed by atoms with Gasteiger partial charge in [-0.05, 0) is 37.2 Å². The molecule has 0 unspecified atom stereocenters. The largest absolute Gasteiger partial charge is 0.305 e. The van der Waals surface area contributed by atoms with Gasteiger partial charge in [-0.25, -0.2) is 0 Å². The van der Waals surface area contributed by atoms with Crippen LogP contribution in [0.15, 0.2) is 65.8 Å². The summed E-state index contributed by atoms with van der Waals surface area (Å²) in [5, 5.41) is 0. The van der Waals surface area contributed by atoms with Crippen LogP contribution in [-0.2, 0) is 6.42 Å². The first-order chi connectivity index (χ1) is 8.25. The van der Waals surface area contributed by atoms with Crippen molar-refractivity contribution in [2.45, 2.75) is 6.42 Å². The fourth-order valence-electron chi connectivity index (χ4n) is 2.00. The molecule has 17 heavy (non-hydrogen) atoms. The van der Waals surface area contributed by atoms with Crippen LogP contribution < -0.4 is 0 Å². The average molecular weight is 225 g/mol. The van der Waals surface area contributed by atoms with Gasteiger partial charge in [0.15, 0.2) is 0 Å². The molecular weight excluding hydrogens is 206 g/mol. The Labute approximate surface area is 104 Å². The standard InChI is InChI=1S/C16H19N/c1-17(2)13-16-10-6-9-15(16)12-11-14-7-4-3-5-8-14/h3-10,12H,11,13H2,1-2H3/b15-12-. The van der Waals surface area contributed by atoms with Crippen LogP contribution in [0.5, 0.6) is 0 Å². The van der Waals surface area contributed by atoms with E-state index in [2.05, 4.69) is 73.6 Å². The van der Waals surface area contributed by atoms with E-state index in [9.17, 15) is 0 Å². The molecule has 0 radical (unpaired) electrons. The summed E-state index contributed by atoms with van der Waals surface area (Å²) >= 11 is 0. The zero-order valence-electron chi connectivity index (χ0n) is 10.6. The number of hydrogen-bond donors (Lipinski definition) is 0. The second-order valence-electron chi connectivity index (χ2n) is 4.64. The fraction of sp³-hybridized carbons (Fsp3) is 0.250. The van der Waals surface area contributed by atoms with E-state index in [-0.39, 0.29) is 0 Å². The van der Waals surface area contributed by atoms with Crippen molar-refractivity contribution in [2.75, 3.05) is 20.6 Å². The van der Waals surface area contributed by atoms with E-state index >= 15 is 0 Å². The molecule has 1 aromatic carbocycles. The zero-order valence-corrected chi connectivity index (χ0v) is 10.6. The van der Waals surface area contributed by atoms with Gasteiger partial charge in [-0.15, -0.1) is 0 Å². The van der Waals surface area contributed by atoms with E-state index < -0.39 is 0 Å². The third kappa shape index (κ3) is 3.43. The highest BCUT2D eigenvalue weighted by Gasteiger charge is 2.06. The van der Waals surface area contributed by atoms with Crippen LogP contribution in [0, 0.1) is 0 Å². The third-order valence-corrected chi connectivity index (χ3v) is 2.83. The lowest BCUT2D eigenvalue weighted by Crippen LogP contribution is -2.15. The summed E-state index contributed by atoms with van der Waals surface area (Å²) in [6.07, 6.45) is 9.85. The first-order valence-electron chi connectivity index (χ1n) is 6.02. The molecule has 2 rings (SSSR count). The minimum atomic E-state index is 1.01. The van der Waals surface area contributed by atoms with E-state index in [1.165, 1.54) is 16.7 Å². The highest BCUT2D eigenvalue weighted by atomic mass is 15.0. The number of benzene rings is 1. The Balaban J connectivity index is 2.02. The van der Waals surface area contributed by atoms with E-state index in [4.69, 9.17) is 0 Å². The highest BCUT2D eigenvalue weighted by molar-refractivity contribution is 5.49. The van der Waals surface area contributed by atoms with Gasteiger partial charge in [0.25, 0.3) is 0 Å². The maximum Gasteiger partial charge on any atom is 0.0233 e. The highest BCUT2D eigenvalue weighted by Crippen LogP contribution is 2.19. The van der Waals surface area contributed by atoms with E-state index in [1.807, 2.05) is 0 Å². The lowest BCUT2D eigenvalue weighted by molar-refractivity contribution is 0.448. The van der Waals surface area contributed by atoms with Crippen LogP contribution in [0.3, 0.4) is 0 Å². The molecule has 1 aromatic rings. The van der Waals surface area contributed by atoms with Crippen molar-refractivity contribution in [3.63, 3.8) is 0 Å². The normalized spacial score (nSPS) is 16.9. The SMILES string of the molecule is CN(C)CC1=CC=C/C1=C/Cc1ccccc1. The van der Waals surface area contributed by atoms with Gasteiger partial charge in [0, 0.05) is 6.54 Å². The Morgan fingerprint density at radius 2 is 1.88 bits per heavy atom. The van der Waals surface area contributed by atoms with Crippen molar-refractivity contribution >= 4 is 0 Å². The second kappa shape index (κ2) is 5.65. The van der Waals surface area contributed by atoms with Gasteiger partial charge in [-0.3, -0.25) is 0 Å². The fourth-order valence-corrected chi connectivity index (χ4v) is 2.00. The minimum absolute atomic E-state index is 1.01. The molecule has 0 aliphatic heterocycles. The monoisotopic (exact) mass is 225 g/mol. The van der Waals surface area contributed by atoms with Crippen LogP contribution in [0.25, 0.3) is 0 Å². The van der Waals surface area contributed by atoms with Crippen molar-refractivity contribution in [1.82, 2.24) is 4.90 Å². The van der Waals surface area contributed by atoms with Gasteiger partial charge in [0.05, 0.1) is 0 Å². The molecule has 1 aliphatic rings. The lowest BCUT2D eigenvalue weighted by Gasteiger charge is -2.12. The molecule has 0 spiro atoms. The van der Waals surface area contributed by atoms with E-state index in [0.29, 0.717) is 0 Å². The molecule has 0 aromatic heterocycles. The van der Waals surface area contributed by atoms with Crippen molar-refractivity contribution in [1.29, 1.82) is 0 Å². The molecule has 1 aliphatic carbocycles. The molecule has 0 N–H and O–H groups in total. The first kappa shape index (κ1) is 11.9. The maximum atomic E-state index is 2.31. The molecule has 0 bridgehead atoms. The van der Waals surface area contributed by atoms with Crippen LogP contribution in [-0.4, -0.2) is 25.5 Å². The van der Waals surface area contributed by atoms with E-state index in [1.54, 1.807) is 0 Å². The summed E-state index contributed by atoms with van der Waals surface area (Å²) in [5.41, 5.74) is 4.14. The van der Waals surface area contributed by atoms with Crippen LogP contribution in [0.1, 0.15) is 5.56 Å². The van der Waals surface area contributed by atoms with Crippen molar-refractivity contribution in [3.8, 4) is 0 Å². The number of nitrogens with zero attached hydrogens (tertiary/aromatic N) is 1. The zero-order chi connectivity index (χ0) is 12.1. The summed E-state index contributed by atoms with van der Waals surface area (Å²) in [6, 6.07) is 10.6. The smallest absolute Gasteiger partial charge is 0.0233 e. The quantitative estimate of drug-likeness (QED) is 0.760. The predicted molar refractivity (Wildman–Crippen MR) is 74.0 cm³/mol. The van der Waals surface area contributed by atoms with Gasteiger partial charge in [-0.2, -0.15) is 0 Å². The molecule has 1 heteroatoms. The molecule has 0 saturated carbocycles. The molecule has 1 nitrogen and oxygen atoms in total. The Morgan fingerprint density at radius 1 is 1.12 bits per heavy atom. The number of hydrogen-bond acceptors (Lipinski definition) is 1. The summed E-state index contributed by atoms with van der Waals surface area (Å²) in [7, 11) is 4.21. The van der Waals surface area contributed by atoms with E-state index in [0.717, 1.165) is 13.0 Å². The second-order valence-corrected chi connectivity index (χ2v) is 4.64. The summed E-state index contributed by atoms with van der Waals surface area (Å²) < 4.78 is 0. The Bertz CT molecular complexity index is 450. The molecule has 0 saturated heterocycles. The van der Waals surface area contributed by atoms with Gasteiger partial charge in [0.1, 0.15) is 0 Å². The summed E-state index contributed by atoms with van der Waals surface area (Å²) in [4.78, 5) is 2.20. The van der Waals surface area contributed by atoms with Gasteiger partial charge < -0.3 is 4.90 Å². The Kier molecular flexibility index (Phi) is 3.94. The number of likely N-dealkylation sites (N-methyl/N-ethyl adjacent to an activating group) is 1. The summed E-state index contributed by atoms with van der Waals surface area (Å²) in [6.45, 7) is 1.01. The maximum absolute atomic E-state index is 2.31. The molecule has 88 valence electrons. The van der Waals surface area contributed by atoms with Gasteiger partial charge in [0.2, 0.25) is 0 Å². The molecule has 0 amide bonds. The number of allylic oxidation sites excluding steroid dienone is 4. The van der Waals surface area contributed by atoms with Gasteiger partial charge in [-0.1, -0.05) is 54.6 Å². The van der Waals surface area contributed by atoms with Gasteiger partial charge >= 0.3 is 0 Å². The topological polar surface area (TPSA) is 3.24 Å². The number of rotatable bonds is 4. The minimum Gasteiger partial charge on any atom is -0.305 e. The van der Waals surface area contributed by atoms with Crippen LogP contribution >= 0.6 is 0 Å².